The van der Waals surface area contributed by atoms with Gasteiger partial charge in [0.05, 0.1) is 0 Å². The standard InChI is InChI=1S/C9H12O2/c1-4-6-7(3)8(5-2)9(10)11/h2,6,8H,4H2,1,3H3,(H,10,11). The monoisotopic (exact) mass is 152 g/mol. The third-order valence-electron chi connectivity index (χ3n) is 1.40. The summed E-state index contributed by atoms with van der Waals surface area (Å²) >= 11 is 0. The normalized spacial score (nSPS) is 13.7. The van der Waals surface area contributed by atoms with Crippen molar-refractivity contribution in [1.82, 2.24) is 0 Å². The second-order valence-corrected chi connectivity index (χ2v) is 2.29. The lowest BCUT2D eigenvalue weighted by Gasteiger charge is -2.03. The zero-order valence-electron chi connectivity index (χ0n) is 6.79. The molecule has 0 aliphatic rings. The lowest BCUT2D eigenvalue weighted by atomic mass is 10.0. The number of hydrogen-bond acceptors (Lipinski definition) is 1. The van der Waals surface area contributed by atoms with Gasteiger partial charge in [0.2, 0.25) is 0 Å². The number of carbonyl (C=O) groups is 1. The fourth-order valence-corrected chi connectivity index (χ4v) is 0.837. The highest BCUT2D eigenvalue weighted by atomic mass is 16.4. The Bertz CT molecular complexity index is 208. The summed E-state index contributed by atoms with van der Waals surface area (Å²) in [6, 6.07) is 0. The number of carboxylic acid groups (broad SMARTS) is 1. The maximum Gasteiger partial charge on any atom is 0.322 e. The Labute approximate surface area is 66.9 Å². The van der Waals surface area contributed by atoms with Crippen LogP contribution in [0, 0.1) is 18.3 Å². The van der Waals surface area contributed by atoms with Gasteiger partial charge in [-0.2, -0.15) is 0 Å². The molecule has 1 atom stereocenters. The van der Waals surface area contributed by atoms with E-state index in [0.29, 0.717) is 0 Å². The van der Waals surface area contributed by atoms with Gasteiger partial charge in [0, 0.05) is 0 Å². The molecule has 0 aliphatic carbocycles. The van der Waals surface area contributed by atoms with Crippen LogP contribution in [0.1, 0.15) is 20.3 Å². The van der Waals surface area contributed by atoms with E-state index < -0.39 is 11.9 Å². The van der Waals surface area contributed by atoms with Crippen LogP contribution in [-0.4, -0.2) is 11.1 Å². The molecule has 0 bridgehead atoms. The predicted molar refractivity (Wildman–Crippen MR) is 44.0 cm³/mol. The average Bonchev–Trinajstić information content (AvgIpc) is 1.88. The molecule has 0 saturated heterocycles. The van der Waals surface area contributed by atoms with Crippen molar-refractivity contribution in [3.05, 3.63) is 11.6 Å². The summed E-state index contributed by atoms with van der Waals surface area (Å²) in [7, 11) is 0. The van der Waals surface area contributed by atoms with E-state index in [1.807, 2.05) is 13.0 Å². The third-order valence-corrected chi connectivity index (χ3v) is 1.40. The molecule has 11 heavy (non-hydrogen) atoms. The van der Waals surface area contributed by atoms with E-state index >= 15 is 0 Å². The summed E-state index contributed by atoms with van der Waals surface area (Å²) < 4.78 is 0. The zero-order valence-corrected chi connectivity index (χ0v) is 6.79. The first-order chi connectivity index (χ1) is 5.13. The van der Waals surface area contributed by atoms with Gasteiger partial charge in [-0.05, 0) is 13.3 Å². The molecule has 0 aromatic carbocycles. The summed E-state index contributed by atoms with van der Waals surface area (Å²) in [6.45, 7) is 3.68. The van der Waals surface area contributed by atoms with Gasteiger partial charge in [0.1, 0.15) is 5.92 Å². The fourth-order valence-electron chi connectivity index (χ4n) is 0.837. The van der Waals surface area contributed by atoms with Crippen molar-refractivity contribution in [2.75, 3.05) is 0 Å². The SMILES string of the molecule is C#CC(C(=O)O)C(C)=CCC. The van der Waals surface area contributed by atoms with E-state index in [4.69, 9.17) is 11.5 Å². The number of hydrogen-bond donors (Lipinski definition) is 1. The van der Waals surface area contributed by atoms with E-state index in [9.17, 15) is 4.79 Å². The van der Waals surface area contributed by atoms with Crippen molar-refractivity contribution < 1.29 is 9.90 Å². The van der Waals surface area contributed by atoms with Gasteiger partial charge in [0.15, 0.2) is 0 Å². The number of aliphatic carboxylic acids is 1. The number of terminal acetylenes is 1. The Kier molecular flexibility index (Phi) is 4.05. The van der Waals surface area contributed by atoms with Crippen molar-refractivity contribution in [2.45, 2.75) is 20.3 Å². The van der Waals surface area contributed by atoms with Crippen molar-refractivity contribution >= 4 is 5.97 Å². The minimum atomic E-state index is -0.949. The molecule has 1 N–H and O–H groups in total. The van der Waals surface area contributed by atoms with E-state index in [-0.39, 0.29) is 0 Å². The predicted octanol–water partition coefficient (Wildman–Crippen LogP) is 1.68. The summed E-state index contributed by atoms with van der Waals surface area (Å²) in [5.41, 5.74) is 0.738. The first kappa shape index (κ1) is 9.77. The molecule has 2 heteroatoms. The molecular formula is C9H12O2. The molecule has 0 aliphatic heterocycles. The minimum Gasteiger partial charge on any atom is -0.480 e. The summed E-state index contributed by atoms with van der Waals surface area (Å²) in [4.78, 5) is 10.5. The highest BCUT2D eigenvalue weighted by molar-refractivity contribution is 5.76. The van der Waals surface area contributed by atoms with Gasteiger partial charge in [-0.3, -0.25) is 4.79 Å². The lowest BCUT2D eigenvalue weighted by Crippen LogP contribution is -2.12. The van der Waals surface area contributed by atoms with Crippen LogP contribution in [-0.2, 0) is 4.79 Å². The Hall–Kier alpha value is -1.23. The molecular weight excluding hydrogens is 140 g/mol. The maximum absolute atomic E-state index is 10.5. The Morgan fingerprint density at radius 3 is 2.64 bits per heavy atom. The highest BCUT2D eigenvalue weighted by Crippen LogP contribution is 2.09. The van der Waals surface area contributed by atoms with Gasteiger partial charge in [0.25, 0.3) is 0 Å². The first-order valence-corrected chi connectivity index (χ1v) is 3.49. The molecule has 0 rings (SSSR count). The second kappa shape index (κ2) is 4.56. The molecule has 0 saturated carbocycles. The van der Waals surface area contributed by atoms with Crippen LogP contribution in [0.15, 0.2) is 11.6 Å². The van der Waals surface area contributed by atoms with E-state index in [1.165, 1.54) is 0 Å². The average molecular weight is 152 g/mol. The molecule has 1 unspecified atom stereocenters. The van der Waals surface area contributed by atoms with Gasteiger partial charge >= 0.3 is 5.97 Å². The van der Waals surface area contributed by atoms with Gasteiger partial charge in [-0.25, -0.2) is 0 Å². The molecule has 0 heterocycles. The maximum atomic E-state index is 10.5. The van der Waals surface area contributed by atoms with Crippen LogP contribution >= 0.6 is 0 Å². The molecule has 0 amide bonds. The fraction of sp³-hybridized carbons (Fsp3) is 0.444. The Morgan fingerprint density at radius 2 is 2.36 bits per heavy atom. The summed E-state index contributed by atoms with van der Waals surface area (Å²) in [5.74, 6) is 0.514. The Balaban J connectivity index is 4.42. The molecule has 0 radical (unpaired) electrons. The molecule has 60 valence electrons. The number of allylic oxidation sites excluding steroid dienone is 1. The first-order valence-electron chi connectivity index (χ1n) is 3.49. The van der Waals surface area contributed by atoms with Crippen LogP contribution in [0.3, 0.4) is 0 Å². The minimum absolute atomic E-state index is 0.738. The van der Waals surface area contributed by atoms with Gasteiger partial charge in [-0.1, -0.05) is 24.5 Å². The number of rotatable bonds is 3. The topological polar surface area (TPSA) is 37.3 Å². The lowest BCUT2D eigenvalue weighted by molar-refractivity contribution is -0.138. The quantitative estimate of drug-likeness (QED) is 0.493. The molecule has 0 fully saturated rings. The van der Waals surface area contributed by atoms with Crippen LogP contribution in [0.25, 0.3) is 0 Å². The summed E-state index contributed by atoms with van der Waals surface area (Å²) in [5, 5.41) is 8.59. The van der Waals surface area contributed by atoms with E-state index in [1.54, 1.807) is 6.92 Å². The van der Waals surface area contributed by atoms with Crippen molar-refractivity contribution in [3.8, 4) is 12.3 Å². The smallest absolute Gasteiger partial charge is 0.322 e. The van der Waals surface area contributed by atoms with E-state index in [0.717, 1.165) is 12.0 Å². The van der Waals surface area contributed by atoms with E-state index in [2.05, 4.69) is 5.92 Å². The largest absolute Gasteiger partial charge is 0.480 e. The number of carboxylic acids is 1. The molecule has 0 spiro atoms. The Morgan fingerprint density at radius 1 is 1.82 bits per heavy atom. The third kappa shape index (κ3) is 2.90. The zero-order chi connectivity index (χ0) is 8.85. The van der Waals surface area contributed by atoms with Crippen molar-refractivity contribution in [1.29, 1.82) is 0 Å². The van der Waals surface area contributed by atoms with Crippen molar-refractivity contribution in [3.63, 3.8) is 0 Å². The van der Waals surface area contributed by atoms with Gasteiger partial charge in [-0.15, -0.1) is 6.42 Å². The van der Waals surface area contributed by atoms with Gasteiger partial charge < -0.3 is 5.11 Å². The second-order valence-electron chi connectivity index (χ2n) is 2.29. The molecule has 0 aromatic heterocycles. The van der Waals surface area contributed by atoms with Crippen LogP contribution < -0.4 is 0 Å². The molecule has 2 nitrogen and oxygen atoms in total. The highest BCUT2D eigenvalue weighted by Gasteiger charge is 2.14. The molecule has 0 aromatic rings. The summed E-state index contributed by atoms with van der Waals surface area (Å²) in [6.07, 6.45) is 7.68. The van der Waals surface area contributed by atoms with Crippen LogP contribution in [0.4, 0.5) is 0 Å². The van der Waals surface area contributed by atoms with Crippen LogP contribution in [0.2, 0.25) is 0 Å². The van der Waals surface area contributed by atoms with Crippen molar-refractivity contribution in [2.24, 2.45) is 5.92 Å². The van der Waals surface area contributed by atoms with Crippen LogP contribution in [0.5, 0.6) is 0 Å².